The lowest BCUT2D eigenvalue weighted by Gasteiger charge is -2.26. The third kappa shape index (κ3) is 3.74. The summed E-state index contributed by atoms with van der Waals surface area (Å²) in [5.41, 5.74) is 8.43. The van der Waals surface area contributed by atoms with Crippen molar-refractivity contribution in [1.29, 1.82) is 5.41 Å². The van der Waals surface area contributed by atoms with Crippen LogP contribution in [0.15, 0.2) is 18.2 Å². The Morgan fingerprint density at radius 2 is 2.11 bits per heavy atom. The second kappa shape index (κ2) is 7.01. The van der Waals surface area contributed by atoms with Crippen molar-refractivity contribution >= 4 is 11.5 Å². The molecule has 0 unspecified atom stereocenters. The van der Waals surface area contributed by atoms with Crippen LogP contribution in [0.25, 0.3) is 0 Å². The minimum atomic E-state index is 0.0897. The number of benzene rings is 1. The number of rotatable bonds is 7. The third-order valence-electron chi connectivity index (χ3n) is 3.00. The van der Waals surface area contributed by atoms with Crippen molar-refractivity contribution in [1.82, 2.24) is 0 Å². The van der Waals surface area contributed by atoms with Gasteiger partial charge in [0.2, 0.25) is 0 Å². The minimum Gasteiger partial charge on any atom is -0.395 e. The predicted molar refractivity (Wildman–Crippen MR) is 76.4 cm³/mol. The molecular formula is C14H23N3O. The molecule has 0 bridgehead atoms. The van der Waals surface area contributed by atoms with Gasteiger partial charge in [0, 0.05) is 24.3 Å². The molecule has 0 spiro atoms. The van der Waals surface area contributed by atoms with Crippen LogP contribution in [0.5, 0.6) is 0 Å². The average Bonchev–Trinajstić information content (AvgIpc) is 2.34. The number of aryl methyl sites for hydroxylation is 1. The Bertz CT molecular complexity index is 404. The zero-order valence-corrected chi connectivity index (χ0v) is 11.2. The van der Waals surface area contributed by atoms with E-state index in [1.54, 1.807) is 0 Å². The van der Waals surface area contributed by atoms with Crippen molar-refractivity contribution in [2.75, 3.05) is 24.6 Å². The average molecular weight is 249 g/mol. The van der Waals surface area contributed by atoms with E-state index in [1.165, 1.54) is 0 Å². The number of unbranched alkanes of at least 4 members (excludes halogenated alkanes) is 1. The highest BCUT2D eigenvalue weighted by atomic mass is 16.3. The summed E-state index contributed by atoms with van der Waals surface area (Å²) < 4.78 is 0. The Labute approximate surface area is 109 Å². The molecule has 100 valence electrons. The second-order valence-electron chi connectivity index (χ2n) is 4.48. The molecule has 1 aromatic rings. The zero-order chi connectivity index (χ0) is 13.5. The van der Waals surface area contributed by atoms with Crippen molar-refractivity contribution in [3.05, 3.63) is 29.3 Å². The Kier molecular flexibility index (Phi) is 5.65. The molecule has 4 nitrogen and oxygen atoms in total. The summed E-state index contributed by atoms with van der Waals surface area (Å²) in [5, 5.41) is 16.6. The molecule has 1 rings (SSSR count). The van der Waals surface area contributed by atoms with E-state index >= 15 is 0 Å². The molecule has 0 fully saturated rings. The molecule has 0 radical (unpaired) electrons. The fourth-order valence-electron chi connectivity index (χ4n) is 2.00. The first-order valence-corrected chi connectivity index (χ1v) is 6.41. The summed E-state index contributed by atoms with van der Waals surface area (Å²) in [4.78, 5) is 2.18. The SMILES string of the molecule is CCCCN(CCO)c1ccc(C(=N)N)cc1C. The smallest absolute Gasteiger partial charge is 0.122 e. The molecule has 4 N–H and O–H groups in total. The van der Waals surface area contributed by atoms with Crippen LogP contribution in [0.2, 0.25) is 0 Å². The van der Waals surface area contributed by atoms with Gasteiger partial charge in [-0.3, -0.25) is 5.41 Å². The van der Waals surface area contributed by atoms with E-state index in [0.717, 1.165) is 36.2 Å². The maximum Gasteiger partial charge on any atom is 0.122 e. The van der Waals surface area contributed by atoms with Gasteiger partial charge in [-0.05, 0) is 37.1 Å². The number of amidine groups is 1. The van der Waals surface area contributed by atoms with Gasteiger partial charge in [-0.15, -0.1) is 0 Å². The van der Waals surface area contributed by atoms with E-state index in [0.29, 0.717) is 6.54 Å². The molecule has 4 heteroatoms. The predicted octanol–water partition coefficient (Wildman–Crippen LogP) is 1.88. The highest BCUT2D eigenvalue weighted by molar-refractivity contribution is 5.95. The lowest BCUT2D eigenvalue weighted by Crippen LogP contribution is -2.28. The Morgan fingerprint density at radius 3 is 2.61 bits per heavy atom. The molecule has 0 aliphatic heterocycles. The van der Waals surface area contributed by atoms with E-state index in [2.05, 4.69) is 11.8 Å². The Balaban J connectivity index is 2.93. The van der Waals surface area contributed by atoms with Gasteiger partial charge in [0.15, 0.2) is 0 Å². The molecule has 18 heavy (non-hydrogen) atoms. The first-order valence-electron chi connectivity index (χ1n) is 6.41. The summed E-state index contributed by atoms with van der Waals surface area (Å²) in [6, 6.07) is 5.77. The van der Waals surface area contributed by atoms with Crippen LogP contribution in [0.1, 0.15) is 30.9 Å². The largest absolute Gasteiger partial charge is 0.395 e. The van der Waals surface area contributed by atoms with Crippen LogP contribution in [-0.4, -0.2) is 30.6 Å². The second-order valence-corrected chi connectivity index (χ2v) is 4.48. The Hall–Kier alpha value is -1.55. The maximum absolute atomic E-state index is 9.14. The van der Waals surface area contributed by atoms with Crippen LogP contribution in [-0.2, 0) is 0 Å². The summed E-state index contributed by atoms with van der Waals surface area (Å²) in [6.07, 6.45) is 2.24. The summed E-state index contributed by atoms with van der Waals surface area (Å²) in [7, 11) is 0. The molecule has 0 aliphatic carbocycles. The van der Waals surface area contributed by atoms with E-state index in [1.807, 2.05) is 25.1 Å². The van der Waals surface area contributed by atoms with Gasteiger partial charge in [0.05, 0.1) is 6.61 Å². The van der Waals surface area contributed by atoms with Crippen LogP contribution in [0, 0.1) is 12.3 Å². The number of nitrogens with one attached hydrogen (secondary N) is 1. The number of aliphatic hydroxyl groups excluding tert-OH is 1. The van der Waals surface area contributed by atoms with Crippen molar-refractivity contribution in [2.24, 2.45) is 5.73 Å². The number of hydrogen-bond acceptors (Lipinski definition) is 3. The van der Waals surface area contributed by atoms with Crippen molar-refractivity contribution < 1.29 is 5.11 Å². The number of nitrogens with two attached hydrogens (primary N) is 1. The number of aliphatic hydroxyl groups is 1. The molecule has 0 atom stereocenters. The monoisotopic (exact) mass is 249 g/mol. The number of nitrogen functional groups attached to an aromatic ring is 1. The highest BCUT2D eigenvalue weighted by Gasteiger charge is 2.09. The third-order valence-corrected chi connectivity index (χ3v) is 3.00. The zero-order valence-electron chi connectivity index (χ0n) is 11.2. The molecule has 0 aliphatic rings. The van der Waals surface area contributed by atoms with Gasteiger partial charge in [-0.25, -0.2) is 0 Å². The molecule has 0 amide bonds. The van der Waals surface area contributed by atoms with Crippen LogP contribution in [0.4, 0.5) is 5.69 Å². The molecule has 0 aromatic heterocycles. The van der Waals surface area contributed by atoms with E-state index in [9.17, 15) is 0 Å². The van der Waals surface area contributed by atoms with Gasteiger partial charge in [-0.2, -0.15) is 0 Å². The van der Waals surface area contributed by atoms with Crippen LogP contribution in [0.3, 0.4) is 0 Å². The molecule has 0 saturated carbocycles. The molecule has 1 aromatic carbocycles. The normalized spacial score (nSPS) is 10.4. The summed E-state index contributed by atoms with van der Waals surface area (Å²) in [5.74, 6) is 0.0897. The van der Waals surface area contributed by atoms with Crippen LogP contribution >= 0.6 is 0 Å². The quantitative estimate of drug-likeness (QED) is 0.510. The van der Waals surface area contributed by atoms with Gasteiger partial charge < -0.3 is 15.7 Å². The minimum absolute atomic E-state index is 0.0897. The fraction of sp³-hybridized carbons (Fsp3) is 0.500. The topological polar surface area (TPSA) is 73.3 Å². The molecule has 0 heterocycles. The van der Waals surface area contributed by atoms with Gasteiger partial charge in [-0.1, -0.05) is 13.3 Å². The van der Waals surface area contributed by atoms with E-state index < -0.39 is 0 Å². The highest BCUT2D eigenvalue weighted by Crippen LogP contribution is 2.21. The lowest BCUT2D eigenvalue weighted by atomic mass is 10.1. The van der Waals surface area contributed by atoms with Crippen LogP contribution < -0.4 is 10.6 Å². The fourth-order valence-corrected chi connectivity index (χ4v) is 2.00. The maximum atomic E-state index is 9.14. The van der Waals surface area contributed by atoms with E-state index in [-0.39, 0.29) is 12.4 Å². The van der Waals surface area contributed by atoms with Crippen molar-refractivity contribution in [3.8, 4) is 0 Å². The number of anilines is 1. The van der Waals surface area contributed by atoms with Crippen molar-refractivity contribution in [3.63, 3.8) is 0 Å². The van der Waals surface area contributed by atoms with E-state index in [4.69, 9.17) is 16.2 Å². The first kappa shape index (κ1) is 14.5. The molecule has 0 saturated heterocycles. The van der Waals surface area contributed by atoms with Gasteiger partial charge >= 0.3 is 0 Å². The van der Waals surface area contributed by atoms with Crippen molar-refractivity contribution in [2.45, 2.75) is 26.7 Å². The Morgan fingerprint density at radius 1 is 1.39 bits per heavy atom. The lowest BCUT2D eigenvalue weighted by molar-refractivity contribution is 0.301. The number of nitrogens with zero attached hydrogens (tertiary/aromatic N) is 1. The van der Waals surface area contributed by atoms with Gasteiger partial charge in [0.25, 0.3) is 0 Å². The number of hydrogen-bond donors (Lipinski definition) is 3. The molecular weight excluding hydrogens is 226 g/mol. The summed E-state index contributed by atoms with van der Waals surface area (Å²) in [6.45, 7) is 5.90. The summed E-state index contributed by atoms with van der Waals surface area (Å²) >= 11 is 0. The first-order chi connectivity index (χ1) is 8.60. The standard InChI is InChI=1S/C14H23N3O/c1-3-4-7-17(8-9-18)13-6-5-12(14(15)16)10-11(13)2/h5-6,10,18H,3-4,7-9H2,1-2H3,(H3,15,16). The van der Waals surface area contributed by atoms with Gasteiger partial charge in [0.1, 0.15) is 5.84 Å².